The van der Waals surface area contributed by atoms with Crippen LogP contribution < -0.4 is 0 Å². The molecule has 0 spiro atoms. The van der Waals surface area contributed by atoms with Crippen molar-refractivity contribution in [2.24, 2.45) is 15.4 Å². The molecule has 3 aliphatic rings. The van der Waals surface area contributed by atoms with Gasteiger partial charge < -0.3 is 9.47 Å². The van der Waals surface area contributed by atoms with Crippen LogP contribution in [0, 0.1) is 5.41 Å². The zero-order valence-corrected chi connectivity index (χ0v) is 16.8. The van der Waals surface area contributed by atoms with Gasteiger partial charge in [0.05, 0.1) is 12.1 Å². The predicted molar refractivity (Wildman–Crippen MR) is 116 cm³/mol. The van der Waals surface area contributed by atoms with Crippen molar-refractivity contribution in [2.75, 3.05) is 13.2 Å². The summed E-state index contributed by atoms with van der Waals surface area (Å²) in [6, 6.07) is 21.5. The normalized spacial score (nSPS) is 25.2. The van der Waals surface area contributed by atoms with E-state index in [4.69, 9.17) is 19.5 Å². The fourth-order valence-electron chi connectivity index (χ4n) is 4.83. The minimum Gasteiger partial charge on any atom is -0.478 e. The first-order chi connectivity index (χ1) is 14.3. The lowest BCUT2D eigenvalue weighted by Gasteiger charge is -2.26. The van der Waals surface area contributed by atoms with Crippen molar-refractivity contribution in [3.8, 4) is 0 Å². The van der Waals surface area contributed by atoms with Crippen molar-refractivity contribution >= 4 is 11.8 Å². The quantitative estimate of drug-likeness (QED) is 0.724. The van der Waals surface area contributed by atoms with E-state index < -0.39 is 0 Å². The standard InChI is InChI=1S/C25H28N2O2/c1-3-9-19(10-4-1)15-21-17-28-23(26-21)25(13-7-8-14-25)24-27-22(18-29-24)16-20-11-5-2-6-12-20/h1-6,9-12,21-22H,7-8,13-18H2/t21-,22-/m1/s1. The van der Waals surface area contributed by atoms with E-state index in [2.05, 4.69) is 60.7 Å². The number of hydrogen-bond acceptors (Lipinski definition) is 4. The van der Waals surface area contributed by atoms with Gasteiger partial charge in [-0.15, -0.1) is 0 Å². The lowest BCUT2D eigenvalue weighted by atomic mass is 9.85. The minimum atomic E-state index is -0.239. The average Bonchev–Trinajstić information content (AvgIpc) is 3.51. The fraction of sp³-hybridized carbons (Fsp3) is 0.440. The zero-order valence-electron chi connectivity index (χ0n) is 16.8. The fourth-order valence-corrected chi connectivity index (χ4v) is 4.83. The second-order valence-corrected chi connectivity index (χ2v) is 8.47. The molecule has 4 heteroatoms. The molecule has 29 heavy (non-hydrogen) atoms. The summed E-state index contributed by atoms with van der Waals surface area (Å²) in [6.45, 7) is 1.32. The van der Waals surface area contributed by atoms with Gasteiger partial charge in [-0.05, 0) is 36.8 Å². The first-order valence-electron chi connectivity index (χ1n) is 10.8. The summed E-state index contributed by atoms with van der Waals surface area (Å²) in [7, 11) is 0. The molecule has 2 aromatic rings. The van der Waals surface area contributed by atoms with Crippen molar-refractivity contribution in [1.82, 2.24) is 0 Å². The molecule has 0 unspecified atom stereocenters. The van der Waals surface area contributed by atoms with E-state index in [0.29, 0.717) is 13.2 Å². The Kier molecular flexibility index (Phi) is 5.09. The third-order valence-electron chi connectivity index (χ3n) is 6.33. The molecule has 0 saturated heterocycles. The van der Waals surface area contributed by atoms with E-state index in [9.17, 15) is 0 Å². The van der Waals surface area contributed by atoms with Crippen molar-refractivity contribution in [2.45, 2.75) is 50.6 Å². The third-order valence-corrected chi connectivity index (χ3v) is 6.33. The summed E-state index contributed by atoms with van der Waals surface area (Å²) >= 11 is 0. The van der Waals surface area contributed by atoms with Crippen LogP contribution in [0.4, 0.5) is 0 Å². The summed E-state index contributed by atoms with van der Waals surface area (Å²) in [5.41, 5.74) is 2.38. The van der Waals surface area contributed by atoms with Gasteiger partial charge in [0.25, 0.3) is 0 Å². The van der Waals surface area contributed by atoms with Gasteiger partial charge in [0.15, 0.2) is 11.8 Å². The van der Waals surface area contributed by atoms with Crippen LogP contribution >= 0.6 is 0 Å². The largest absolute Gasteiger partial charge is 0.478 e. The number of hydrogen-bond donors (Lipinski definition) is 0. The molecule has 1 aliphatic carbocycles. The van der Waals surface area contributed by atoms with E-state index in [1.165, 1.54) is 24.0 Å². The Morgan fingerprint density at radius 3 is 1.59 bits per heavy atom. The highest BCUT2D eigenvalue weighted by Crippen LogP contribution is 2.44. The highest BCUT2D eigenvalue weighted by Gasteiger charge is 2.50. The maximum absolute atomic E-state index is 6.18. The predicted octanol–water partition coefficient (Wildman–Crippen LogP) is 4.63. The second kappa shape index (κ2) is 8.02. The van der Waals surface area contributed by atoms with Gasteiger partial charge in [0.2, 0.25) is 0 Å². The van der Waals surface area contributed by atoms with Crippen LogP contribution in [0.3, 0.4) is 0 Å². The summed E-state index contributed by atoms with van der Waals surface area (Å²) in [6.07, 6.45) is 6.26. The maximum Gasteiger partial charge on any atom is 0.199 e. The molecule has 0 N–H and O–H groups in total. The minimum absolute atomic E-state index is 0.187. The number of rotatable bonds is 6. The molecule has 1 fully saturated rings. The van der Waals surface area contributed by atoms with Gasteiger partial charge in [0, 0.05) is 0 Å². The number of benzene rings is 2. The van der Waals surface area contributed by atoms with E-state index in [1.54, 1.807) is 0 Å². The second-order valence-electron chi connectivity index (χ2n) is 8.47. The van der Waals surface area contributed by atoms with Crippen molar-refractivity contribution in [1.29, 1.82) is 0 Å². The molecule has 0 amide bonds. The van der Waals surface area contributed by atoms with E-state index in [0.717, 1.165) is 37.5 Å². The molecular weight excluding hydrogens is 360 g/mol. The third kappa shape index (κ3) is 3.81. The summed E-state index contributed by atoms with van der Waals surface area (Å²) in [4.78, 5) is 10.0. The molecule has 150 valence electrons. The highest BCUT2D eigenvalue weighted by atomic mass is 16.5. The molecule has 2 aliphatic heterocycles. The monoisotopic (exact) mass is 388 g/mol. The Morgan fingerprint density at radius 1 is 0.690 bits per heavy atom. The highest BCUT2D eigenvalue weighted by molar-refractivity contribution is 6.06. The molecule has 2 heterocycles. The van der Waals surface area contributed by atoms with Gasteiger partial charge in [0.1, 0.15) is 18.6 Å². The zero-order chi connectivity index (χ0) is 19.5. The Balaban J connectivity index is 1.34. The van der Waals surface area contributed by atoms with Crippen molar-refractivity contribution < 1.29 is 9.47 Å². The van der Waals surface area contributed by atoms with Crippen LogP contribution in [-0.2, 0) is 22.3 Å². The van der Waals surface area contributed by atoms with Crippen LogP contribution in [0.25, 0.3) is 0 Å². The summed E-state index contributed by atoms with van der Waals surface area (Å²) in [5, 5.41) is 0. The number of aliphatic imine (C=N–C) groups is 2. The average molecular weight is 389 g/mol. The first-order valence-corrected chi connectivity index (χ1v) is 10.8. The van der Waals surface area contributed by atoms with Crippen LogP contribution in [-0.4, -0.2) is 37.1 Å². The van der Waals surface area contributed by atoms with Gasteiger partial charge in [-0.2, -0.15) is 0 Å². The molecule has 0 radical (unpaired) electrons. The van der Waals surface area contributed by atoms with Crippen LogP contribution in [0.2, 0.25) is 0 Å². The molecule has 4 nitrogen and oxygen atoms in total. The Labute approximate surface area is 172 Å². The first kappa shape index (κ1) is 18.4. The molecule has 2 aromatic carbocycles. The molecule has 5 rings (SSSR count). The van der Waals surface area contributed by atoms with Crippen LogP contribution in [0.15, 0.2) is 70.6 Å². The number of ether oxygens (including phenoxy) is 2. The SMILES string of the molecule is c1ccc(C[C@@H]2COC(C3(C4=N[C@H](Cc5ccccc5)CO4)CCCC3)=N2)cc1. The van der Waals surface area contributed by atoms with Crippen LogP contribution in [0.5, 0.6) is 0 Å². The lowest BCUT2D eigenvalue weighted by molar-refractivity contribution is 0.252. The molecule has 0 bridgehead atoms. The Morgan fingerprint density at radius 2 is 1.14 bits per heavy atom. The summed E-state index contributed by atoms with van der Waals surface area (Å²) in [5.74, 6) is 1.74. The van der Waals surface area contributed by atoms with Gasteiger partial charge in [-0.3, -0.25) is 0 Å². The van der Waals surface area contributed by atoms with E-state index >= 15 is 0 Å². The van der Waals surface area contributed by atoms with Gasteiger partial charge in [-0.1, -0.05) is 73.5 Å². The van der Waals surface area contributed by atoms with E-state index in [1.807, 2.05) is 0 Å². The molecule has 0 aromatic heterocycles. The Hall–Kier alpha value is -2.62. The van der Waals surface area contributed by atoms with Gasteiger partial charge in [-0.25, -0.2) is 9.98 Å². The smallest absolute Gasteiger partial charge is 0.199 e. The maximum atomic E-state index is 6.18. The van der Waals surface area contributed by atoms with Crippen molar-refractivity contribution in [3.05, 3.63) is 71.8 Å². The summed E-state index contributed by atoms with van der Waals surface area (Å²) < 4.78 is 12.4. The van der Waals surface area contributed by atoms with Gasteiger partial charge >= 0.3 is 0 Å². The topological polar surface area (TPSA) is 43.2 Å². The Bertz CT molecular complexity index is 816. The molecule has 2 atom stereocenters. The molecular formula is C25H28N2O2. The lowest BCUT2D eigenvalue weighted by Crippen LogP contribution is -2.37. The van der Waals surface area contributed by atoms with E-state index in [-0.39, 0.29) is 17.5 Å². The number of nitrogens with zero attached hydrogens (tertiary/aromatic N) is 2. The van der Waals surface area contributed by atoms with Crippen LogP contribution in [0.1, 0.15) is 36.8 Å². The molecule has 1 saturated carbocycles. The van der Waals surface area contributed by atoms with Crippen molar-refractivity contribution in [3.63, 3.8) is 0 Å².